The zero-order chi connectivity index (χ0) is 21.3. The van der Waals surface area contributed by atoms with Gasteiger partial charge in [0.15, 0.2) is 0 Å². The summed E-state index contributed by atoms with van der Waals surface area (Å²) in [6, 6.07) is 0. The Kier molecular flexibility index (Phi) is 4.67. The maximum absolute atomic E-state index is 12.2. The van der Waals surface area contributed by atoms with Crippen LogP contribution >= 0.6 is 0 Å². The smallest absolute Gasteiger partial charge is 0.331 e. The van der Waals surface area contributed by atoms with E-state index in [9.17, 15) is 14.7 Å². The molecule has 0 aromatic heterocycles. The van der Waals surface area contributed by atoms with Crippen LogP contribution in [0.4, 0.5) is 0 Å². The van der Waals surface area contributed by atoms with E-state index in [1.165, 1.54) is 6.92 Å². The standard InChI is InChI=1S/C25H36O5/c1-15(26)30-18-6-9-23(2)17(13-18)4-5-21-20(23)7-10-24(3)19(8-11-25(21,24)28)16-12-22(27)29-14-16/h12,17-21,28H,4-11,13-14H2,1-3H3/t17-,18?,19-,20?,21?,23+,24-,25+/m1/s1. The number of fused-ring (bicyclic) bond motifs is 5. The van der Waals surface area contributed by atoms with E-state index in [-0.39, 0.29) is 34.8 Å². The summed E-state index contributed by atoms with van der Waals surface area (Å²) in [5.74, 6) is 1.29. The minimum atomic E-state index is -0.659. The van der Waals surface area contributed by atoms with Gasteiger partial charge in [-0.05, 0) is 92.4 Å². The van der Waals surface area contributed by atoms with E-state index in [0.29, 0.717) is 24.4 Å². The molecule has 1 aliphatic heterocycles. The van der Waals surface area contributed by atoms with Crippen LogP contribution in [0.3, 0.4) is 0 Å². The highest BCUT2D eigenvalue weighted by Gasteiger charge is 2.67. The first-order valence-electron chi connectivity index (χ1n) is 11.9. The third-order valence-corrected chi connectivity index (χ3v) is 10.3. The van der Waals surface area contributed by atoms with Crippen LogP contribution in [0.2, 0.25) is 0 Å². The fourth-order valence-corrected chi connectivity index (χ4v) is 8.71. The molecule has 1 heterocycles. The van der Waals surface area contributed by atoms with Gasteiger partial charge < -0.3 is 14.6 Å². The second-order valence-corrected chi connectivity index (χ2v) is 11.3. The van der Waals surface area contributed by atoms with Crippen molar-refractivity contribution in [2.75, 3.05) is 6.61 Å². The molecular formula is C25H36O5. The van der Waals surface area contributed by atoms with Crippen LogP contribution in [0, 0.1) is 34.5 Å². The largest absolute Gasteiger partial charge is 0.463 e. The number of aliphatic hydroxyl groups is 1. The summed E-state index contributed by atoms with van der Waals surface area (Å²) < 4.78 is 10.8. The van der Waals surface area contributed by atoms with Crippen LogP contribution in [0.15, 0.2) is 11.6 Å². The average Bonchev–Trinajstić information content (AvgIpc) is 3.22. The first-order chi connectivity index (χ1) is 14.2. The van der Waals surface area contributed by atoms with Crippen molar-refractivity contribution in [2.24, 2.45) is 34.5 Å². The summed E-state index contributed by atoms with van der Waals surface area (Å²) in [5, 5.41) is 12.2. The van der Waals surface area contributed by atoms with Crippen molar-refractivity contribution in [1.82, 2.24) is 0 Å². The molecule has 5 aliphatic rings. The van der Waals surface area contributed by atoms with E-state index in [1.807, 2.05) is 0 Å². The van der Waals surface area contributed by atoms with Crippen LogP contribution < -0.4 is 0 Å². The molecule has 5 heteroatoms. The van der Waals surface area contributed by atoms with Gasteiger partial charge in [-0.3, -0.25) is 4.79 Å². The number of hydrogen-bond donors (Lipinski definition) is 1. The van der Waals surface area contributed by atoms with E-state index < -0.39 is 5.60 Å². The SMILES string of the molecule is CC(=O)OC1CC[C@]2(C)C3CC[C@]4(C)[C@@H](C5=CC(=O)OC5)CC[C@]4(O)C3CC[C@@H]2C1. The maximum Gasteiger partial charge on any atom is 0.331 e. The van der Waals surface area contributed by atoms with Gasteiger partial charge in [-0.2, -0.15) is 0 Å². The third kappa shape index (κ3) is 2.76. The van der Waals surface area contributed by atoms with E-state index in [4.69, 9.17) is 9.47 Å². The quantitative estimate of drug-likeness (QED) is 0.684. The summed E-state index contributed by atoms with van der Waals surface area (Å²) in [6.07, 6.45) is 10.9. The van der Waals surface area contributed by atoms with Crippen LogP contribution in [-0.2, 0) is 19.1 Å². The molecule has 30 heavy (non-hydrogen) atoms. The summed E-state index contributed by atoms with van der Waals surface area (Å²) in [5.41, 5.74) is 0.485. The lowest BCUT2D eigenvalue weighted by atomic mass is 9.43. The van der Waals surface area contributed by atoms with Gasteiger partial charge in [-0.25, -0.2) is 4.79 Å². The molecule has 3 unspecified atom stereocenters. The Morgan fingerprint density at radius 2 is 1.90 bits per heavy atom. The molecule has 5 rings (SSSR count). The lowest BCUT2D eigenvalue weighted by Gasteiger charge is -2.63. The number of ether oxygens (including phenoxy) is 2. The predicted molar refractivity (Wildman–Crippen MR) is 111 cm³/mol. The highest BCUT2D eigenvalue weighted by Crippen LogP contribution is 2.69. The summed E-state index contributed by atoms with van der Waals surface area (Å²) in [7, 11) is 0. The Bertz CT molecular complexity index is 788. The number of carbonyl (C=O) groups excluding carboxylic acids is 2. The Balaban J connectivity index is 1.40. The van der Waals surface area contributed by atoms with Crippen molar-refractivity contribution in [1.29, 1.82) is 0 Å². The molecule has 0 aromatic carbocycles. The van der Waals surface area contributed by atoms with Gasteiger partial charge in [-0.15, -0.1) is 0 Å². The van der Waals surface area contributed by atoms with Gasteiger partial charge in [0, 0.05) is 18.4 Å². The molecule has 0 radical (unpaired) electrons. The summed E-state index contributed by atoms with van der Waals surface area (Å²) in [6.45, 7) is 6.64. The highest BCUT2D eigenvalue weighted by molar-refractivity contribution is 5.85. The van der Waals surface area contributed by atoms with E-state index in [2.05, 4.69) is 13.8 Å². The van der Waals surface area contributed by atoms with E-state index in [1.54, 1.807) is 6.08 Å². The Morgan fingerprint density at radius 1 is 1.10 bits per heavy atom. The Labute approximate surface area is 179 Å². The topological polar surface area (TPSA) is 72.8 Å². The summed E-state index contributed by atoms with van der Waals surface area (Å²) >= 11 is 0. The number of rotatable bonds is 2. The first-order valence-corrected chi connectivity index (χ1v) is 11.9. The number of esters is 2. The number of carbonyl (C=O) groups is 2. The molecule has 4 saturated carbocycles. The molecule has 1 N–H and O–H groups in total. The van der Waals surface area contributed by atoms with Gasteiger partial charge in [0.2, 0.25) is 0 Å². The molecule has 8 atom stereocenters. The van der Waals surface area contributed by atoms with Crippen LogP contribution in [-0.4, -0.2) is 35.4 Å². The zero-order valence-electron chi connectivity index (χ0n) is 18.6. The molecule has 0 amide bonds. The van der Waals surface area contributed by atoms with Crippen molar-refractivity contribution >= 4 is 11.9 Å². The molecule has 0 bridgehead atoms. The molecule has 166 valence electrons. The fraction of sp³-hybridized carbons (Fsp3) is 0.840. The molecule has 0 aromatic rings. The van der Waals surface area contributed by atoms with E-state index >= 15 is 0 Å². The van der Waals surface area contributed by atoms with Crippen LogP contribution in [0.25, 0.3) is 0 Å². The molecule has 0 spiro atoms. The van der Waals surface area contributed by atoms with Gasteiger partial charge in [0.05, 0.1) is 5.60 Å². The Hall–Kier alpha value is -1.36. The second-order valence-electron chi connectivity index (χ2n) is 11.3. The van der Waals surface area contributed by atoms with Gasteiger partial charge in [-0.1, -0.05) is 13.8 Å². The molecule has 0 saturated heterocycles. The average molecular weight is 417 g/mol. The second kappa shape index (κ2) is 6.82. The molecule has 4 fully saturated rings. The van der Waals surface area contributed by atoms with Crippen LogP contribution in [0.1, 0.15) is 78.6 Å². The summed E-state index contributed by atoms with van der Waals surface area (Å²) in [4.78, 5) is 23.1. The lowest BCUT2D eigenvalue weighted by molar-refractivity contribution is -0.209. The van der Waals surface area contributed by atoms with Gasteiger partial charge >= 0.3 is 11.9 Å². The normalized spacial score (nSPS) is 50.1. The van der Waals surface area contributed by atoms with Crippen molar-refractivity contribution in [3.63, 3.8) is 0 Å². The highest BCUT2D eigenvalue weighted by atomic mass is 16.5. The van der Waals surface area contributed by atoms with Gasteiger partial charge in [0.25, 0.3) is 0 Å². The monoisotopic (exact) mass is 416 g/mol. The van der Waals surface area contributed by atoms with E-state index in [0.717, 1.165) is 63.4 Å². The van der Waals surface area contributed by atoms with Crippen molar-refractivity contribution in [3.8, 4) is 0 Å². The maximum atomic E-state index is 12.2. The van der Waals surface area contributed by atoms with Gasteiger partial charge in [0.1, 0.15) is 12.7 Å². The molecule has 4 aliphatic carbocycles. The lowest BCUT2D eigenvalue weighted by Crippen LogP contribution is -2.62. The van der Waals surface area contributed by atoms with Crippen molar-refractivity contribution in [2.45, 2.75) is 90.3 Å². The van der Waals surface area contributed by atoms with Crippen molar-refractivity contribution in [3.05, 3.63) is 11.6 Å². The number of hydrogen-bond acceptors (Lipinski definition) is 5. The van der Waals surface area contributed by atoms with Crippen LogP contribution in [0.5, 0.6) is 0 Å². The Morgan fingerprint density at radius 3 is 2.60 bits per heavy atom. The predicted octanol–water partition coefficient (Wildman–Crippen LogP) is 4.18. The minimum absolute atomic E-state index is 0.0665. The first kappa shape index (κ1) is 20.5. The fourth-order valence-electron chi connectivity index (χ4n) is 8.71. The third-order valence-electron chi connectivity index (χ3n) is 10.3. The number of cyclic esters (lactones) is 1. The molecule has 5 nitrogen and oxygen atoms in total. The molecular weight excluding hydrogens is 380 g/mol. The van der Waals surface area contributed by atoms with Crippen molar-refractivity contribution < 1.29 is 24.2 Å². The minimum Gasteiger partial charge on any atom is -0.463 e. The zero-order valence-corrected chi connectivity index (χ0v) is 18.6.